The summed E-state index contributed by atoms with van der Waals surface area (Å²) in [5.74, 6) is 3.10. The van der Waals surface area contributed by atoms with Gasteiger partial charge >= 0.3 is 0 Å². The maximum atomic E-state index is 5.73. The highest BCUT2D eigenvalue weighted by molar-refractivity contribution is 5.53. The molecular weight excluding hydrogens is 162 g/mol. The van der Waals surface area contributed by atoms with Crippen LogP contribution in [0.5, 0.6) is 0 Å². The van der Waals surface area contributed by atoms with E-state index in [2.05, 4.69) is 17.0 Å². The molecule has 2 N–H and O–H groups in total. The maximum Gasteiger partial charge on any atom is 0.201 e. The summed E-state index contributed by atoms with van der Waals surface area (Å²) in [6.07, 6.45) is 11.4. The Labute approximate surface area is 77.3 Å². The second-order valence-electron chi connectivity index (χ2n) is 3.03. The van der Waals surface area contributed by atoms with Crippen LogP contribution >= 0.6 is 0 Å². The Morgan fingerprint density at radius 1 is 1.69 bits per heavy atom. The fourth-order valence-corrected chi connectivity index (χ4v) is 1.60. The Hall–Kier alpha value is -1.69. The summed E-state index contributed by atoms with van der Waals surface area (Å²) in [6, 6.07) is 0. The molecule has 1 aromatic rings. The number of nitrogen functional groups attached to an aromatic ring is 1. The van der Waals surface area contributed by atoms with Gasteiger partial charge in [0.2, 0.25) is 5.95 Å². The van der Waals surface area contributed by atoms with E-state index in [4.69, 9.17) is 12.2 Å². The van der Waals surface area contributed by atoms with E-state index in [1.54, 1.807) is 0 Å². The van der Waals surface area contributed by atoms with E-state index in [0.29, 0.717) is 12.5 Å². The van der Waals surface area contributed by atoms with E-state index in [1.165, 1.54) is 0 Å². The van der Waals surface area contributed by atoms with Crippen LogP contribution in [0.3, 0.4) is 0 Å². The lowest BCUT2D eigenvalue weighted by atomic mass is 10.1. The van der Waals surface area contributed by atoms with Gasteiger partial charge in [-0.05, 0) is 18.9 Å². The highest BCUT2D eigenvalue weighted by Gasteiger charge is 2.14. The van der Waals surface area contributed by atoms with Gasteiger partial charge in [-0.1, -0.05) is 12.0 Å². The largest absolute Gasteiger partial charge is 0.369 e. The summed E-state index contributed by atoms with van der Waals surface area (Å²) in [4.78, 5) is 4.23. The fourth-order valence-electron chi connectivity index (χ4n) is 1.60. The average molecular weight is 173 g/mol. The number of anilines is 1. The topological polar surface area (TPSA) is 43.8 Å². The molecule has 1 aliphatic rings. The minimum atomic E-state index is 0.516. The minimum Gasteiger partial charge on any atom is -0.369 e. The molecule has 0 unspecified atom stereocenters. The van der Waals surface area contributed by atoms with Crippen molar-refractivity contribution >= 4 is 12.0 Å². The first kappa shape index (κ1) is 7.93. The van der Waals surface area contributed by atoms with Crippen LogP contribution in [0.4, 0.5) is 5.95 Å². The lowest BCUT2D eigenvalue weighted by Gasteiger charge is -2.08. The Kier molecular flexibility index (Phi) is 1.82. The smallest absolute Gasteiger partial charge is 0.201 e. The highest BCUT2D eigenvalue weighted by atomic mass is 15.2. The third-order valence-corrected chi connectivity index (χ3v) is 2.21. The molecule has 0 saturated carbocycles. The van der Waals surface area contributed by atoms with E-state index < -0.39 is 0 Å². The molecule has 3 nitrogen and oxygen atoms in total. The zero-order valence-corrected chi connectivity index (χ0v) is 7.33. The molecule has 13 heavy (non-hydrogen) atoms. The molecule has 3 heteroatoms. The standard InChI is InChI=1S/C10H11N3/c1-2-7-13-9-6-4-3-5-8(9)12-10(13)11/h1,3,5H,4,6-7H2,(H2,11,12). The summed E-state index contributed by atoms with van der Waals surface area (Å²) < 4.78 is 1.90. The monoisotopic (exact) mass is 173 g/mol. The summed E-state index contributed by atoms with van der Waals surface area (Å²) in [5, 5.41) is 0. The Morgan fingerprint density at radius 2 is 2.54 bits per heavy atom. The first-order valence-electron chi connectivity index (χ1n) is 4.28. The van der Waals surface area contributed by atoms with Crippen molar-refractivity contribution < 1.29 is 0 Å². The number of nitrogens with zero attached hydrogens (tertiary/aromatic N) is 2. The normalized spacial score (nSPS) is 13.8. The molecular formula is C10H11N3. The maximum absolute atomic E-state index is 5.73. The third-order valence-electron chi connectivity index (χ3n) is 2.21. The predicted molar refractivity (Wildman–Crippen MR) is 52.8 cm³/mol. The van der Waals surface area contributed by atoms with Crippen LogP contribution in [-0.4, -0.2) is 9.55 Å². The van der Waals surface area contributed by atoms with Crippen molar-refractivity contribution in [2.24, 2.45) is 0 Å². The van der Waals surface area contributed by atoms with Crippen LogP contribution in [0, 0.1) is 12.3 Å². The molecule has 0 radical (unpaired) electrons. The van der Waals surface area contributed by atoms with Crippen LogP contribution in [0.2, 0.25) is 0 Å². The minimum absolute atomic E-state index is 0.516. The van der Waals surface area contributed by atoms with Gasteiger partial charge in [-0.2, -0.15) is 0 Å². The number of hydrogen-bond donors (Lipinski definition) is 1. The predicted octanol–water partition coefficient (Wildman–Crippen LogP) is 1.06. The van der Waals surface area contributed by atoms with Crippen LogP contribution in [-0.2, 0) is 13.0 Å². The molecule has 0 aromatic carbocycles. The molecule has 0 fully saturated rings. The molecule has 0 bridgehead atoms. The van der Waals surface area contributed by atoms with Crippen LogP contribution < -0.4 is 5.73 Å². The third kappa shape index (κ3) is 1.20. The molecule has 1 aromatic heterocycles. The van der Waals surface area contributed by atoms with Crippen LogP contribution in [0.25, 0.3) is 6.08 Å². The average Bonchev–Trinajstić information content (AvgIpc) is 2.44. The molecule has 0 amide bonds. The van der Waals surface area contributed by atoms with Gasteiger partial charge in [-0.15, -0.1) is 6.42 Å². The van der Waals surface area contributed by atoms with E-state index in [9.17, 15) is 0 Å². The lowest BCUT2D eigenvalue weighted by Crippen LogP contribution is -2.07. The van der Waals surface area contributed by atoms with Crippen LogP contribution in [0.15, 0.2) is 6.08 Å². The second-order valence-corrected chi connectivity index (χ2v) is 3.03. The number of nitrogens with two attached hydrogens (primary N) is 1. The van der Waals surface area contributed by atoms with Crippen molar-refractivity contribution in [1.29, 1.82) is 0 Å². The first-order valence-corrected chi connectivity index (χ1v) is 4.28. The van der Waals surface area contributed by atoms with Gasteiger partial charge in [0, 0.05) is 5.69 Å². The van der Waals surface area contributed by atoms with Gasteiger partial charge in [0.1, 0.15) is 0 Å². The van der Waals surface area contributed by atoms with Crippen molar-refractivity contribution in [2.45, 2.75) is 19.4 Å². The number of rotatable bonds is 1. The number of allylic oxidation sites excluding steroid dienone is 1. The lowest BCUT2D eigenvalue weighted by molar-refractivity contribution is 0.768. The molecule has 0 saturated heterocycles. The summed E-state index contributed by atoms with van der Waals surface area (Å²) in [7, 11) is 0. The Morgan fingerprint density at radius 3 is 3.31 bits per heavy atom. The molecule has 1 heterocycles. The van der Waals surface area contributed by atoms with Gasteiger partial charge in [0.05, 0.1) is 12.2 Å². The van der Waals surface area contributed by atoms with Crippen molar-refractivity contribution in [3.05, 3.63) is 17.5 Å². The molecule has 2 rings (SSSR count). The van der Waals surface area contributed by atoms with Crippen molar-refractivity contribution in [2.75, 3.05) is 5.73 Å². The van der Waals surface area contributed by atoms with E-state index in [1.807, 2.05) is 10.6 Å². The van der Waals surface area contributed by atoms with E-state index in [-0.39, 0.29) is 0 Å². The summed E-state index contributed by atoms with van der Waals surface area (Å²) >= 11 is 0. The SMILES string of the molecule is C#CCn1c(N)nc2c1CCC=C2. The van der Waals surface area contributed by atoms with Gasteiger partial charge in [-0.3, -0.25) is 0 Å². The number of aromatic nitrogens is 2. The van der Waals surface area contributed by atoms with E-state index in [0.717, 1.165) is 24.2 Å². The molecule has 1 aliphatic carbocycles. The van der Waals surface area contributed by atoms with Crippen molar-refractivity contribution in [1.82, 2.24) is 9.55 Å². The molecule has 66 valence electrons. The quantitative estimate of drug-likeness (QED) is 0.645. The Balaban J connectivity index is 2.50. The van der Waals surface area contributed by atoms with Crippen molar-refractivity contribution in [3.63, 3.8) is 0 Å². The fraction of sp³-hybridized carbons (Fsp3) is 0.300. The number of fused-ring (bicyclic) bond motifs is 1. The zero-order chi connectivity index (χ0) is 9.26. The molecule has 0 atom stereocenters. The summed E-state index contributed by atoms with van der Waals surface area (Å²) in [6.45, 7) is 0.516. The second kappa shape index (κ2) is 2.98. The van der Waals surface area contributed by atoms with Gasteiger partial charge in [0.15, 0.2) is 0 Å². The Bertz CT molecular complexity index is 393. The van der Waals surface area contributed by atoms with Gasteiger partial charge in [-0.25, -0.2) is 4.98 Å². The van der Waals surface area contributed by atoms with Crippen molar-refractivity contribution in [3.8, 4) is 12.3 Å². The molecule has 0 spiro atoms. The number of terminal acetylenes is 1. The summed E-state index contributed by atoms with van der Waals surface area (Å²) in [5.41, 5.74) is 7.87. The van der Waals surface area contributed by atoms with Gasteiger partial charge < -0.3 is 10.3 Å². The van der Waals surface area contributed by atoms with Crippen LogP contribution in [0.1, 0.15) is 17.8 Å². The first-order chi connectivity index (χ1) is 6.33. The highest BCUT2D eigenvalue weighted by Crippen LogP contribution is 2.21. The van der Waals surface area contributed by atoms with Gasteiger partial charge in [0.25, 0.3) is 0 Å². The number of hydrogen-bond acceptors (Lipinski definition) is 2. The zero-order valence-electron chi connectivity index (χ0n) is 7.33. The molecule has 0 aliphatic heterocycles. The number of imidazole rings is 1. The van der Waals surface area contributed by atoms with E-state index >= 15 is 0 Å².